The lowest BCUT2D eigenvalue weighted by molar-refractivity contribution is 0.0943. The van der Waals surface area contributed by atoms with Crippen molar-refractivity contribution >= 4 is 37.0 Å². The molecule has 1 aromatic heterocycles. The molecule has 1 aromatic rings. The van der Waals surface area contributed by atoms with Crippen molar-refractivity contribution in [2.45, 2.75) is 29.9 Å². The predicted octanol–water partition coefficient (Wildman–Crippen LogP) is 2.60. The van der Waals surface area contributed by atoms with E-state index in [-0.39, 0.29) is 10.1 Å². The summed E-state index contributed by atoms with van der Waals surface area (Å²) in [6, 6.07) is 1.33. The van der Waals surface area contributed by atoms with Crippen molar-refractivity contribution in [2.75, 3.05) is 6.54 Å². The second kappa shape index (κ2) is 4.46. The minimum absolute atomic E-state index is 0.0163. The fourth-order valence-electron chi connectivity index (χ4n) is 2.51. The van der Waals surface area contributed by atoms with Crippen LogP contribution >= 0.6 is 22.0 Å². The predicted molar refractivity (Wildman–Crippen MR) is 74.1 cm³/mol. The number of rotatable bonds is 5. The number of carbonyl (C=O) groups excluding carboxylic acids is 1. The molecule has 2 fully saturated rings. The van der Waals surface area contributed by atoms with Gasteiger partial charge in [0.2, 0.25) is 0 Å². The third-order valence-corrected chi connectivity index (χ3v) is 7.06. The average Bonchev–Trinajstić information content (AvgIpc) is 3.22. The number of nitrogens with one attached hydrogen (secondary N) is 1. The molecule has 2 aliphatic carbocycles. The Bertz CT molecular complexity index is 615. The monoisotopic (exact) mass is 319 g/mol. The van der Waals surface area contributed by atoms with Gasteiger partial charge in [-0.2, -0.15) is 0 Å². The number of thiophene rings is 1. The average molecular weight is 320 g/mol. The summed E-state index contributed by atoms with van der Waals surface area (Å²) < 4.78 is 22.3. The van der Waals surface area contributed by atoms with Gasteiger partial charge in [0.1, 0.15) is 4.21 Å². The zero-order valence-electron chi connectivity index (χ0n) is 10.2. The zero-order chi connectivity index (χ0) is 13.7. The van der Waals surface area contributed by atoms with Gasteiger partial charge in [-0.1, -0.05) is 0 Å². The molecule has 2 aliphatic rings. The van der Waals surface area contributed by atoms with Crippen molar-refractivity contribution in [2.24, 2.45) is 11.3 Å². The van der Waals surface area contributed by atoms with Crippen molar-refractivity contribution in [3.8, 4) is 0 Å². The highest BCUT2D eigenvalue weighted by Gasteiger charge is 2.53. The molecule has 0 atom stereocenters. The van der Waals surface area contributed by atoms with Crippen molar-refractivity contribution in [3.63, 3.8) is 0 Å². The highest BCUT2D eigenvalue weighted by molar-refractivity contribution is 8.15. The lowest BCUT2D eigenvalue weighted by Crippen LogP contribution is -2.30. The van der Waals surface area contributed by atoms with E-state index in [1.54, 1.807) is 0 Å². The zero-order valence-corrected chi connectivity index (χ0v) is 12.6. The van der Waals surface area contributed by atoms with Gasteiger partial charge in [-0.3, -0.25) is 4.79 Å². The minimum Gasteiger partial charge on any atom is -0.351 e. The number of hydrogen-bond donors (Lipinski definition) is 1. The molecule has 1 amide bonds. The molecule has 104 valence electrons. The molecule has 0 aliphatic heterocycles. The van der Waals surface area contributed by atoms with Crippen LogP contribution in [-0.2, 0) is 9.05 Å². The summed E-state index contributed by atoms with van der Waals surface area (Å²) in [4.78, 5) is 12.0. The lowest BCUT2D eigenvalue weighted by Gasteiger charge is -2.14. The van der Waals surface area contributed by atoms with E-state index in [4.69, 9.17) is 10.7 Å². The van der Waals surface area contributed by atoms with Crippen LogP contribution in [0.25, 0.3) is 0 Å². The lowest BCUT2D eigenvalue weighted by atomic mass is 10.0. The molecule has 19 heavy (non-hydrogen) atoms. The van der Waals surface area contributed by atoms with Gasteiger partial charge in [0.15, 0.2) is 0 Å². The first-order chi connectivity index (χ1) is 8.91. The van der Waals surface area contributed by atoms with E-state index in [0.29, 0.717) is 17.5 Å². The summed E-state index contributed by atoms with van der Waals surface area (Å²) in [5.74, 6) is 0.573. The van der Waals surface area contributed by atoms with Gasteiger partial charge in [-0.05, 0) is 43.1 Å². The largest absolute Gasteiger partial charge is 0.351 e. The van der Waals surface area contributed by atoms with Crippen LogP contribution < -0.4 is 5.32 Å². The fourth-order valence-corrected chi connectivity index (χ4v) is 4.45. The molecular formula is C12H14ClNO3S2. The van der Waals surface area contributed by atoms with E-state index in [1.807, 2.05) is 0 Å². The molecule has 2 saturated carbocycles. The Balaban J connectivity index is 1.63. The van der Waals surface area contributed by atoms with Crippen LogP contribution in [-0.4, -0.2) is 20.9 Å². The Morgan fingerprint density at radius 1 is 1.47 bits per heavy atom. The number of amides is 1. The molecule has 1 heterocycles. The van der Waals surface area contributed by atoms with Crippen LogP contribution in [0, 0.1) is 11.3 Å². The van der Waals surface area contributed by atoms with Crippen LogP contribution in [0.2, 0.25) is 0 Å². The summed E-state index contributed by atoms with van der Waals surface area (Å²) in [7, 11) is 1.50. The Labute approximate surface area is 120 Å². The van der Waals surface area contributed by atoms with E-state index in [0.717, 1.165) is 17.3 Å². The summed E-state index contributed by atoms with van der Waals surface area (Å²) >= 11 is 0.972. The fraction of sp³-hybridized carbons (Fsp3) is 0.583. The third kappa shape index (κ3) is 2.80. The Kier molecular flexibility index (Phi) is 3.15. The number of halogens is 1. The molecule has 0 bridgehead atoms. The smallest absolute Gasteiger partial charge is 0.270 e. The van der Waals surface area contributed by atoms with E-state index in [1.165, 1.54) is 37.1 Å². The van der Waals surface area contributed by atoms with Gasteiger partial charge in [0.25, 0.3) is 15.0 Å². The van der Waals surface area contributed by atoms with Crippen molar-refractivity contribution in [1.82, 2.24) is 5.32 Å². The van der Waals surface area contributed by atoms with Crippen molar-refractivity contribution in [1.29, 1.82) is 0 Å². The third-order valence-electron chi connectivity index (χ3n) is 4.01. The molecule has 0 unspecified atom stereocenters. The molecular weight excluding hydrogens is 306 g/mol. The first-order valence-corrected chi connectivity index (χ1v) is 9.41. The summed E-state index contributed by atoms with van der Waals surface area (Å²) in [6.07, 6.45) is 4.96. The molecule has 1 N–H and O–H groups in total. The minimum atomic E-state index is -3.74. The van der Waals surface area contributed by atoms with Crippen molar-refractivity contribution in [3.05, 3.63) is 17.0 Å². The van der Waals surface area contributed by atoms with Crippen LogP contribution in [0.1, 0.15) is 36.0 Å². The standard InChI is InChI=1S/C12H14ClNO3S2/c13-19(16,17)10-5-8(6-18-10)11(15)14-7-12(3-4-12)9-1-2-9/h5-6,9H,1-4,7H2,(H,14,15). The molecule has 0 saturated heterocycles. The summed E-state index contributed by atoms with van der Waals surface area (Å²) in [5, 5.41) is 4.45. The molecule has 0 spiro atoms. The summed E-state index contributed by atoms with van der Waals surface area (Å²) in [5.41, 5.74) is 0.711. The molecule has 7 heteroatoms. The van der Waals surface area contributed by atoms with Crippen LogP contribution in [0.5, 0.6) is 0 Å². The van der Waals surface area contributed by atoms with Crippen LogP contribution in [0.15, 0.2) is 15.7 Å². The quantitative estimate of drug-likeness (QED) is 0.848. The van der Waals surface area contributed by atoms with Crippen molar-refractivity contribution < 1.29 is 13.2 Å². The Hall–Kier alpha value is -0.590. The van der Waals surface area contributed by atoms with Gasteiger partial charge in [-0.15, -0.1) is 11.3 Å². The summed E-state index contributed by atoms with van der Waals surface area (Å²) in [6.45, 7) is 0.704. The second-order valence-electron chi connectivity index (χ2n) is 5.41. The van der Waals surface area contributed by atoms with E-state index in [2.05, 4.69) is 5.32 Å². The van der Waals surface area contributed by atoms with Gasteiger partial charge in [0, 0.05) is 22.6 Å². The van der Waals surface area contributed by atoms with Crippen LogP contribution in [0.4, 0.5) is 0 Å². The number of hydrogen-bond acceptors (Lipinski definition) is 4. The van der Waals surface area contributed by atoms with E-state index >= 15 is 0 Å². The highest BCUT2D eigenvalue weighted by atomic mass is 35.7. The molecule has 4 nitrogen and oxygen atoms in total. The maximum Gasteiger partial charge on any atom is 0.270 e. The molecule has 0 aromatic carbocycles. The van der Waals surface area contributed by atoms with Gasteiger partial charge >= 0.3 is 0 Å². The van der Waals surface area contributed by atoms with Gasteiger partial charge in [-0.25, -0.2) is 8.42 Å². The second-order valence-corrected chi connectivity index (χ2v) is 9.12. The first-order valence-electron chi connectivity index (χ1n) is 6.22. The Morgan fingerprint density at radius 2 is 2.16 bits per heavy atom. The molecule has 0 radical (unpaired) electrons. The normalized spacial score (nSPS) is 21.1. The number of carbonyl (C=O) groups is 1. The first kappa shape index (κ1) is 13.4. The maximum absolute atomic E-state index is 12.0. The molecule has 3 rings (SSSR count). The maximum atomic E-state index is 12.0. The topological polar surface area (TPSA) is 63.2 Å². The SMILES string of the molecule is O=C(NCC1(C2CC2)CC1)c1csc(S(=O)(=O)Cl)c1. The van der Waals surface area contributed by atoms with Gasteiger partial charge in [0.05, 0.1) is 5.56 Å². The highest BCUT2D eigenvalue weighted by Crippen LogP contribution is 2.60. The Morgan fingerprint density at radius 3 is 2.63 bits per heavy atom. The van der Waals surface area contributed by atoms with Crippen LogP contribution in [0.3, 0.4) is 0 Å². The van der Waals surface area contributed by atoms with Gasteiger partial charge < -0.3 is 5.32 Å². The van der Waals surface area contributed by atoms with E-state index < -0.39 is 9.05 Å². The van der Waals surface area contributed by atoms with E-state index in [9.17, 15) is 13.2 Å².